The van der Waals surface area contributed by atoms with Crippen molar-refractivity contribution < 1.29 is 14.1 Å². The van der Waals surface area contributed by atoms with E-state index >= 15 is 0 Å². The largest absolute Gasteiger partial charge is 0.497 e. The summed E-state index contributed by atoms with van der Waals surface area (Å²) in [6.07, 6.45) is 0. The number of anilines is 2. The van der Waals surface area contributed by atoms with Crippen LogP contribution in [0.15, 0.2) is 42.5 Å². The summed E-state index contributed by atoms with van der Waals surface area (Å²) in [5, 5.41) is 15.2. The SMILES string of the molecule is COc1cc(F)c([N+](=O)[O-])c(NCc2cc(N(C)C)nc3ccccc23)c1. The lowest BCUT2D eigenvalue weighted by Gasteiger charge is -2.16. The molecule has 7 nitrogen and oxygen atoms in total. The molecule has 0 atom stereocenters. The van der Waals surface area contributed by atoms with Gasteiger partial charge in [-0.05, 0) is 17.7 Å². The number of halogens is 1. The number of ether oxygens (including phenoxy) is 1. The summed E-state index contributed by atoms with van der Waals surface area (Å²) in [6.45, 7) is 0.261. The van der Waals surface area contributed by atoms with E-state index in [1.165, 1.54) is 13.2 Å². The van der Waals surface area contributed by atoms with Crippen molar-refractivity contribution in [2.45, 2.75) is 6.54 Å². The minimum Gasteiger partial charge on any atom is -0.497 e. The van der Waals surface area contributed by atoms with Crippen molar-refractivity contribution in [3.63, 3.8) is 0 Å². The Morgan fingerprint density at radius 3 is 2.67 bits per heavy atom. The second-order valence-corrected chi connectivity index (χ2v) is 6.17. The van der Waals surface area contributed by atoms with Gasteiger partial charge in [-0.15, -0.1) is 0 Å². The van der Waals surface area contributed by atoms with Crippen LogP contribution in [0.2, 0.25) is 0 Å². The number of methoxy groups -OCH3 is 1. The molecule has 8 heteroatoms. The third-order valence-corrected chi connectivity index (χ3v) is 4.17. The highest BCUT2D eigenvalue weighted by Crippen LogP contribution is 2.33. The van der Waals surface area contributed by atoms with Gasteiger partial charge in [-0.1, -0.05) is 18.2 Å². The fourth-order valence-corrected chi connectivity index (χ4v) is 2.81. The van der Waals surface area contributed by atoms with E-state index in [2.05, 4.69) is 10.3 Å². The minimum atomic E-state index is -0.949. The maximum atomic E-state index is 14.1. The molecular formula is C19H19FN4O3. The Bertz CT molecular complexity index is 1010. The lowest BCUT2D eigenvalue weighted by atomic mass is 10.1. The molecule has 0 amide bonds. The Morgan fingerprint density at radius 1 is 1.26 bits per heavy atom. The van der Waals surface area contributed by atoms with Gasteiger partial charge in [0.15, 0.2) is 0 Å². The van der Waals surface area contributed by atoms with Gasteiger partial charge >= 0.3 is 5.69 Å². The van der Waals surface area contributed by atoms with Gasteiger partial charge in [0.25, 0.3) is 0 Å². The molecule has 0 aliphatic carbocycles. The van der Waals surface area contributed by atoms with Crippen molar-refractivity contribution in [3.8, 4) is 5.75 Å². The molecule has 140 valence electrons. The van der Waals surface area contributed by atoms with E-state index in [9.17, 15) is 14.5 Å². The summed E-state index contributed by atoms with van der Waals surface area (Å²) in [4.78, 5) is 17.0. The summed E-state index contributed by atoms with van der Waals surface area (Å²) in [6, 6.07) is 11.9. The molecule has 0 bridgehead atoms. The number of nitro benzene ring substituents is 1. The van der Waals surface area contributed by atoms with Crippen molar-refractivity contribution in [1.29, 1.82) is 0 Å². The van der Waals surface area contributed by atoms with Gasteiger partial charge in [-0.25, -0.2) is 4.98 Å². The number of aromatic nitrogens is 1. The average molecular weight is 370 g/mol. The molecule has 0 spiro atoms. The van der Waals surface area contributed by atoms with Crippen molar-refractivity contribution >= 4 is 28.1 Å². The van der Waals surface area contributed by atoms with Crippen LogP contribution in [0, 0.1) is 15.9 Å². The second kappa shape index (κ2) is 7.45. The number of rotatable bonds is 6. The Morgan fingerprint density at radius 2 is 2.00 bits per heavy atom. The summed E-state index contributed by atoms with van der Waals surface area (Å²) in [5.74, 6) is 0.0152. The quantitative estimate of drug-likeness (QED) is 0.522. The maximum absolute atomic E-state index is 14.1. The minimum absolute atomic E-state index is 0.0594. The highest BCUT2D eigenvalue weighted by molar-refractivity contribution is 5.84. The molecule has 0 unspecified atom stereocenters. The number of pyridine rings is 1. The van der Waals surface area contributed by atoms with E-state index in [4.69, 9.17) is 4.74 Å². The van der Waals surface area contributed by atoms with E-state index < -0.39 is 16.4 Å². The number of nitro groups is 1. The standard InChI is InChI=1S/C19H19FN4O3/c1-23(2)18-8-12(14-6-4-5-7-16(14)22-18)11-21-17-10-13(27-3)9-15(20)19(17)24(25)26/h4-10,21H,11H2,1-3H3. The molecule has 0 aliphatic heterocycles. The third kappa shape index (κ3) is 3.74. The molecule has 27 heavy (non-hydrogen) atoms. The molecular weight excluding hydrogens is 351 g/mol. The number of nitrogens with one attached hydrogen (secondary N) is 1. The Kier molecular flexibility index (Phi) is 5.07. The number of para-hydroxylation sites is 1. The van der Waals surface area contributed by atoms with Crippen LogP contribution in [-0.4, -0.2) is 31.1 Å². The molecule has 1 heterocycles. The van der Waals surface area contributed by atoms with Crippen LogP contribution in [0.5, 0.6) is 5.75 Å². The second-order valence-electron chi connectivity index (χ2n) is 6.17. The van der Waals surface area contributed by atoms with Crippen molar-refractivity contribution in [3.05, 3.63) is 64.0 Å². The van der Waals surface area contributed by atoms with Crippen LogP contribution in [0.1, 0.15) is 5.56 Å². The predicted molar refractivity (Wildman–Crippen MR) is 103 cm³/mol. The summed E-state index contributed by atoms with van der Waals surface area (Å²) in [7, 11) is 5.15. The Hall–Kier alpha value is -3.42. The first kappa shape index (κ1) is 18.4. The normalized spacial score (nSPS) is 10.7. The topological polar surface area (TPSA) is 80.5 Å². The number of fused-ring (bicyclic) bond motifs is 1. The van der Waals surface area contributed by atoms with Crippen LogP contribution < -0.4 is 15.0 Å². The fraction of sp³-hybridized carbons (Fsp3) is 0.211. The average Bonchev–Trinajstić information content (AvgIpc) is 2.64. The van der Waals surface area contributed by atoms with Gasteiger partial charge in [0, 0.05) is 38.2 Å². The zero-order valence-corrected chi connectivity index (χ0v) is 15.2. The molecule has 1 N–H and O–H groups in total. The van der Waals surface area contributed by atoms with Crippen LogP contribution in [0.4, 0.5) is 21.6 Å². The zero-order valence-electron chi connectivity index (χ0n) is 15.2. The number of hydrogen-bond donors (Lipinski definition) is 1. The van der Waals surface area contributed by atoms with Crippen molar-refractivity contribution in [2.75, 3.05) is 31.4 Å². The molecule has 0 fully saturated rings. The van der Waals surface area contributed by atoms with Gasteiger partial charge in [0.05, 0.1) is 17.5 Å². The third-order valence-electron chi connectivity index (χ3n) is 4.17. The highest BCUT2D eigenvalue weighted by Gasteiger charge is 2.22. The number of nitrogens with zero attached hydrogens (tertiary/aromatic N) is 3. The van der Waals surface area contributed by atoms with E-state index in [1.807, 2.05) is 49.3 Å². The van der Waals surface area contributed by atoms with E-state index in [0.29, 0.717) is 0 Å². The van der Waals surface area contributed by atoms with Gasteiger partial charge < -0.3 is 15.0 Å². The van der Waals surface area contributed by atoms with Gasteiger partial charge in [0.2, 0.25) is 5.82 Å². The first-order valence-corrected chi connectivity index (χ1v) is 8.22. The van der Waals surface area contributed by atoms with Crippen LogP contribution in [0.25, 0.3) is 10.9 Å². The lowest BCUT2D eigenvalue weighted by molar-refractivity contribution is -0.386. The van der Waals surface area contributed by atoms with Crippen molar-refractivity contribution in [2.24, 2.45) is 0 Å². The first-order chi connectivity index (χ1) is 12.9. The molecule has 2 aromatic carbocycles. The van der Waals surface area contributed by atoms with Gasteiger partial charge in [0.1, 0.15) is 17.3 Å². The molecule has 3 rings (SSSR count). The van der Waals surface area contributed by atoms with E-state index in [1.54, 1.807) is 0 Å². The molecule has 0 saturated carbocycles. The predicted octanol–water partition coefficient (Wildman–Crippen LogP) is 3.97. The fourth-order valence-electron chi connectivity index (χ4n) is 2.81. The Balaban J connectivity index is 2.02. The number of benzene rings is 2. The highest BCUT2D eigenvalue weighted by atomic mass is 19.1. The molecule has 0 aliphatic rings. The Labute approximate surface area is 155 Å². The smallest absolute Gasteiger partial charge is 0.327 e. The summed E-state index contributed by atoms with van der Waals surface area (Å²) < 4.78 is 19.1. The van der Waals surface area contributed by atoms with E-state index in [-0.39, 0.29) is 18.0 Å². The summed E-state index contributed by atoms with van der Waals surface area (Å²) >= 11 is 0. The molecule has 3 aromatic rings. The number of hydrogen-bond acceptors (Lipinski definition) is 6. The van der Waals surface area contributed by atoms with Crippen LogP contribution in [0.3, 0.4) is 0 Å². The lowest BCUT2D eigenvalue weighted by Crippen LogP contribution is -2.12. The zero-order chi connectivity index (χ0) is 19.6. The van der Waals surface area contributed by atoms with Crippen molar-refractivity contribution in [1.82, 2.24) is 4.98 Å². The van der Waals surface area contributed by atoms with Crippen LogP contribution in [-0.2, 0) is 6.54 Å². The van der Waals surface area contributed by atoms with E-state index in [0.717, 1.165) is 28.4 Å². The van der Waals surface area contributed by atoms with Gasteiger partial charge in [-0.2, -0.15) is 4.39 Å². The molecule has 0 radical (unpaired) electrons. The monoisotopic (exact) mass is 370 g/mol. The molecule has 1 aromatic heterocycles. The van der Waals surface area contributed by atoms with Crippen LogP contribution >= 0.6 is 0 Å². The van der Waals surface area contributed by atoms with Gasteiger partial charge in [-0.3, -0.25) is 10.1 Å². The molecule has 0 saturated heterocycles. The summed E-state index contributed by atoms with van der Waals surface area (Å²) in [5.41, 5.74) is 1.15. The first-order valence-electron chi connectivity index (χ1n) is 8.22. The maximum Gasteiger partial charge on any atom is 0.327 e.